The first kappa shape index (κ1) is 15.0. The third-order valence-electron chi connectivity index (χ3n) is 2.47. The zero-order valence-corrected chi connectivity index (χ0v) is 10.6. The number of rotatable bonds is 4. The number of alkyl halides is 3. The van der Waals surface area contributed by atoms with Gasteiger partial charge >= 0.3 is 12.1 Å². The summed E-state index contributed by atoms with van der Waals surface area (Å²) in [6.45, 7) is -0.269. The Morgan fingerprint density at radius 2 is 2.19 bits per heavy atom. The quantitative estimate of drug-likeness (QED) is 0.772. The van der Waals surface area contributed by atoms with Crippen LogP contribution in [0.1, 0.15) is 5.82 Å². The van der Waals surface area contributed by atoms with Crippen LogP contribution in [0.2, 0.25) is 0 Å². The van der Waals surface area contributed by atoms with E-state index in [1.165, 1.54) is 12.1 Å². The van der Waals surface area contributed by atoms with E-state index >= 15 is 0 Å². The van der Waals surface area contributed by atoms with Crippen molar-refractivity contribution in [3.63, 3.8) is 0 Å². The number of methoxy groups -OCH3 is 1. The number of aliphatic hydroxyl groups is 1. The zero-order valence-electron chi connectivity index (χ0n) is 10.6. The van der Waals surface area contributed by atoms with E-state index in [4.69, 9.17) is 0 Å². The topological polar surface area (TPSA) is 102 Å². The summed E-state index contributed by atoms with van der Waals surface area (Å²) in [5, 5.41) is 21.9. The van der Waals surface area contributed by atoms with Crippen molar-refractivity contribution in [3.8, 4) is 0 Å². The number of ether oxygens (including phenoxy) is 1. The maximum atomic E-state index is 12.7. The summed E-state index contributed by atoms with van der Waals surface area (Å²) in [5.41, 5.74) is -0.0820. The molecule has 0 radical (unpaired) electrons. The van der Waals surface area contributed by atoms with E-state index in [0.717, 1.165) is 7.11 Å². The van der Waals surface area contributed by atoms with Gasteiger partial charge in [0.2, 0.25) is 0 Å². The van der Waals surface area contributed by atoms with Gasteiger partial charge in [0.1, 0.15) is 5.82 Å². The summed E-state index contributed by atoms with van der Waals surface area (Å²) in [7, 11) is 1.10. The van der Waals surface area contributed by atoms with Gasteiger partial charge in [0.25, 0.3) is 5.82 Å². The summed E-state index contributed by atoms with van der Waals surface area (Å²) >= 11 is 0. The minimum Gasteiger partial charge on any atom is -0.467 e. The lowest BCUT2D eigenvalue weighted by atomic mass is 10.3. The molecule has 0 saturated heterocycles. The highest BCUT2D eigenvalue weighted by Gasteiger charge is 2.37. The van der Waals surface area contributed by atoms with Gasteiger partial charge in [0.05, 0.1) is 13.7 Å². The van der Waals surface area contributed by atoms with Crippen molar-refractivity contribution in [2.75, 3.05) is 19.0 Å². The minimum absolute atomic E-state index is 0.00996. The second kappa shape index (κ2) is 5.52. The molecule has 1 atom stereocenters. The van der Waals surface area contributed by atoms with Crippen molar-refractivity contribution < 1.29 is 27.8 Å². The van der Waals surface area contributed by atoms with Gasteiger partial charge in [-0.05, 0) is 12.1 Å². The fourth-order valence-corrected chi connectivity index (χ4v) is 1.48. The molecular formula is C10H10F3N5O3. The first-order valence-electron chi connectivity index (χ1n) is 5.62. The van der Waals surface area contributed by atoms with Gasteiger partial charge in [0, 0.05) is 0 Å². The number of hydrogen-bond donors (Lipinski definition) is 2. The summed E-state index contributed by atoms with van der Waals surface area (Å²) in [6.07, 6.45) is -6.16. The Hall–Kier alpha value is -2.43. The summed E-state index contributed by atoms with van der Waals surface area (Å²) in [5.74, 6) is -2.13. The molecule has 2 aromatic heterocycles. The SMILES string of the molecule is COC(=O)[C@@H](O)CNc1ccc2nnc(C(F)(F)F)n2n1. The predicted molar refractivity (Wildman–Crippen MR) is 62.3 cm³/mol. The van der Waals surface area contributed by atoms with Gasteiger partial charge in [-0.1, -0.05) is 0 Å². The van der Waals surface area contributed by atoms with Crippen LogP contribution in [-0.2, 0) is 15.7 Å². The van der Waals surface area contributed by atoms with Gasteiger partial charge in [-0.25, -0.2) is 4.79 Å². The maximum Gasteiger partial charge on any atom is 0.453 e. The van der Waals surface area contributed by atoms with Crippen LogP contribution >= 0.6 is 0 Å². The Kier molecular flexibility index (Phi) is 3.93. The fourth-order valence-electron chi connectivity index (χ4n) is 1.48. The molecule has 114 valence electrons. The molecule has 11 heteroatoms. The van der Waals surface area contributed by atoms with E-state index in [1.54, 1.807) is 0 Å². The van der Waals surface area contributed by atoms with Crippen LogP contribution < -0.4 is 5.32 Å². The molecule has 2 heterocycles. The lowest BCUT2D eigenvalue weighted by Crippen LogP contribution is -2.30. The van der Waals surface area contributed by atoms with Gasteiger partial charge in [-0.3, -0.25) is 0 Å². The summed E-state index contributed by atoms with van der Waals surface area (Å²) in [4.78, 5) is 11.0. The number of anilines is 1. The van der Waals surface area contributed by atoms with E-state index in [0.29, 0.717) is 4.52 Å². The van der Waals surface area contributed by atoms with Crippen LogP contribution in [-0.4, -0.2) is 50.6 Å². The maximum absolute atomic E-state index is 12.7. The molecule has 0 spiro atoms. The number of halogens is 3. The standard InChI is InChI=1S/C10H10F3N5O3/c1-21-8(20)5(19)4-14-6-2-3-7-15-16-9(10(11,12)13)18(7)17-6/h2-3,5,19H,4H2,1H3,(H,14,17)/t5-/m0/s1. The average Bonchev–Trinajstić information content (AvgIpc) is 2.86. The normalized spacial score (nSPS) is 13.2. The van der Waals surface area contributed by atoms with Gasteiger partial charge in [-0.2, -0.15) is 17.7 Å². The Balaban J connectivity index is 2.20. The first-order chi connectivity index (χ1) is 9.82. The van der Waals surface area contributed by atoms with Gasteiger partial charge < -0.3 is 15.2 Å². The second-order valence-corrected chi connectivity index (χ2v) is 3.93. The van der Waals surface area contributed by atoms with Crippen LogP contribution in [0.5, 0.6) is 0 Å². The number of aromatic nitrogens is 4. The molecule has 8 nitrogen and oxygen atoms in total. The van der Waals surface area contributed by atoms with E-state index in [1.807, 2.05) is 0 Å². The second-order valence-electron chi connectivity index (χ2n) is 3.93. The summed E-state index contributed by atoms with van der Waals surface area (Å²) in [6, 6.07) is 2.61. The molecule has 2 rings (SSSR count). The highest BCUT2D eigenvalue weighted by molar-refractivity contribution is 5.74. The zero-order chi connectivity index (χ0) is 15.6. The lowest BCUT2D eigenvalue weighted by molar-refractivity contribution is -0.149. The van der Waals surface area contributed by atoms with Crippen LogP contribution in [0.15, 0.2) is 12.1 Å². The number of nitrogens with one attached hydrogen (secondary N) is 1. The first-order valence-corrected chi connectivity index (χ1v) is 5.62. The highest BCUT2D eigenvalue weighted by atomic mass is 19.4. The van der Waals surface area contributed by atoms with E-state index in [9.17, 15) is 23.1 Å². The van der Waals surface area contributed by atoms with Crippen LogP contribution in [0, 0.1) is 0 Å². The van der Waals surface area contributed by atoms with Gasteiger partial charge in [0.15, 0.2) is 11.8 Å². The van der Waals surface area contributed by atoms with E-state index < -0.39 is 24.1 Å². The monoisotopic (exact) mass is 305 g/mol. The molecule has 0 aromatic carbocycles. The molecule has 0 bridgehead atoms. The van der Waals surface area contributed by atoms with Crippen LogP contribution in [0.4, 0.5) is 19.0 Å². The largest absolute Gasteiger partial charge is 0.467 e. The molecule has 2 N–H and O–H groups in total. The number of carbonyl (C=O) groups is 1. The van der Waals surface area contributed by atoms with Crippen molar-refractivity contribution in [1.29, 1.82) is 0 Å². The summed E-state index contributed by atoms with van der Waals surface area (Å²) < 4.78 is 42.8. The van der Waals surface area contributed by atoms with Crippen LogP contribution in [0.25, 0.3) is 5.65 Å². The smallest absolute Gasteiger partial charge is 0.453 e. The molecule has 21 heavy (non-hydrogen) atoms. The molecular weight excluding hydrogens is 295 g/mol. The molecule has 0 saturated carbocycles. The number of hydrogen-bond acceptors (Lipinski definition) is 7. The molecule has 0 aliphatic carbocycles. The lowest BCUT2D eigenvalue weighted by Gasteiger charge is -2.10. The number of esters is 1. The molecule has 2 aromatic rings. The molecule has 0 fully saturated rings. The van der Waals surface area contributed by atoms with Crippen LogP contribution in [0.3, 0.4) is 0 Å². The average molecular weight is 305 g/mol. The van der Waals surface area contributed by atoms with Crippen molar-refractivity contribution in [3.05, 3.63) is 18.0 Å². The van der Waals surface area contributed by atoms with Crippen molar-refractivity contribution in [2.24, 2.45) is 0 Å². The molecule has 0 aliphatic heterocycles. The van der Waals surface area contributed by atoms with Crippen molar-refractivity contribution >= 4 is 17.4 Å². The number of aliphatic hydroxyl groups excluding tert-OH is 1. The van der Waals surface area contributed by atoms with Crippen molar-refractivity contribution in [1.82, 2.24) is 19.8 Å². The number of nitrogens with zero attached hydrogens (tertiary/aromatic N) is 4. The third kappa shape index (κ3) is 3.18. The predicted octanol–water partition coefficient (Wildman–Crippen LogP) is 0.0889. The fraction of sp³-hybridized carbons (Fsp3) is 0.400. The Labute approximate surface area is 115 Å². The Morgan fingerprint density at radius 1 is 1.48 bits per heavy atom. The number of carbonyl (C=O) groups excluding carboxylic acids is 1. The van der Waals surface area contributed by atoms with E-state index in [-0.39, 0.29) is 18.0 Å². The molecule has 0 amide bonds. The van der Waals surface area contributed by atoms with Gasteiger partial charge in [-0.15, -0.1) is 15.3 Å². The number of fused-ring (bicyclic) bond motifs is 1. The Morgan fingerprint density at radius 3 is 2.81 bits per heavy atom. The third-order valence-corrected chi connectivity index (χ3v) is 2.47. The highest BCUT2D eigenvalue weighted by Crippen LogP contribution is 2.27. The van der Waals surface area contributed by atoms with E-state index in [2.05, 4.69) is 25.3 Å². The minimum atomic E-state index is -4.70. The molecule has 0 unspecified atom stereocenters. The Bertz CT molecular complexity index is 657. The molecule has 0 aliphatic rings. The van der Waals surface area contributed by atoms with Crippen molar-refractivity contribution in [2.45, 2.75) is 12.3 Å².